The van der Waals surface area contributed by atoms with Gasteiger partial charge in [-0.15, -0.1) is 0 Å². The van der Waals surface area contributed by atoms with E-state index in [1.54, 1.807) is 30.3 Å². The van der Waals surface area contributed by atoms with Gasteiger partial charge in [-0.05, 0) is 37.5 Å². The number of unbranched alkanes of at least 4 members (excludes halogenated alkanes) is 5. The Hall–Kier alpha value is -1.91. The predicted octanol–water partition coefficient (Wildman–Crippen LogP) is 6.05. The summed E-state index contributed by atoms with van der Waals surface area (Å²) in [5.74, 6) is 0. The van der Waals surface area contributed by atoms with Crippen LogP contribution >= 0.6 is 0 Å². The van der Waals surface area contributed by atoms with Gasteiger partial charge in [0.05, 0.1) is 11.0 Å². The Labute approximate surface area is 182 Å². The second-order valence-corrected chi connectivity index (χ2v) is 10.2. The summed E-state index contributed by atoms with van der Waals surface area (Å²) in [4.78, 5) is 0.268. The van der Waals surface area contributed by atoms with E-state index in [9.17, 15) is 13.5 Å². The number of rotatable bonds is 13. The Balaban J connectivity index is 2.11. The summed E-state index contributed by atoms with van der Waals surface area (Å²) < 4.78 is 26.6. The highest BCUT2D eigenvalue weighted by molar-refractivity contribution is 7.92. The van der Waals surface area contributed by atoms with E-state index in [-0.39, 0.29) is 4.90 Å². The van der Waals surface area contributed by atoms with Crippen LogP contribution < -0.4 is 0 Å². The zero-order valence-corrected chi connectivity index (χ0v) is 19.2. The monoisotopic (exact) mass is 428 g/mol. The van der Waals surface area contributed by atoms with Gasteiger partial charge in [-0.25, -0.2) is 8.42 Å². The van der Waals surface area contributed by atoms with Crippen LogP contribution in [-0.4, -0.2) is 24.9 Å². The first-order valence-corrected chi connectivity index (χ1v) is 12.7. The predicted molar refractivity (Wildman–Crippen MR) is 125 cm³/mol. The Morgan fingerprint density at radius 3 is 2.20 bits per heavy atom. The lowest BCUT2D eigenvalue weighted by Crippen LogP contribution is -2.32. The van der Waals surface area contributed by atoms with Crippen molar-refractivity contribution in [1.82, 2.24) is 0 Å². The molecule has 0 aliphatic heterocycles. The molecule has 2 aromatic rings. The van der Waals surface area contributed by atoms with Crippen LogP contribution in [0.1, 0.15) is 63.0 Å². The molecule has 0 aliphatic rings. The molecule has 0 saturated heterocycles. The number of hydrogen-bond donors (Lipinski definition) is 1. The average molecular weight is 429 g/mol. The number of benzene rings is 2. The molecule has 3 nitrogen and oxygen atoms in total. The molecule has 0 amide bonds. The van der Waals surface area contributed by atoms with Crippen molar-refractivity contribution < 1.29 is 13.5 Å². The van der Waals surface area contributed by atoms with Crippen molar-refractivity contribution in [2.24, 2.45) is 0 Å². The molecule has 2 aromatic carbocycles. The molecule has 2 unspecified atom stereocenters. The second-order valence-electron chi connectivity index (χ2n) is 8.06. The standard InChI is InChI=1S/C26H36O3S/c1-3-4-5-6-7-11-16-25(27)26(17-12-15-23-13-9-8-10-14-23)30(28,29)24-20-18-22(2)19-21-24/h8-10,12-14,17-21,25-27H,3-7,11,15-16H2,1-2H3/b17-12+. The summed E-state index contributed by atoms with van der Waals surface area (Å²) in [7, 11) is -3.66. The molecule has 0 fully saturated rings. The molecule has 1 N–H and O–H groups in total. The van der Waals surface area contributed by atoms with Gasteiger partial charge in [0.1, 0.15) is 5.25 Å². The fourth-order valence-corrected chi connectivity index (χ4v) is 5.27. The molecule has 164 valence electrons. The molecule has 0 aliphatic carbocycles. The SMILES string of the molecule is CCCCCCCCC(O)C(/C=C/Cc1ccccc1)S(=O)(=O)c1ccc(C)cc1. The van der Waals surface area contributed by atoms with E-state index in [4.69, 9.17) is 0 Å². The molecule has 2 rings (SSSR count). The first-order chi connectivity index (χ1) is 14.4. The van der Waals surface area contributed by atoms with Crippen LogP contribution in [0.15, 0.2) is 71.6 Å². The van der Waals surface area contributed by atoms with Crippen LogP contribution in [0, 0.1) is 6.92 Å². The molecule has 0 saturated carbocycles. The summed E-state index contributed by atoms with van der Waals surface area (Å²) in [6.45, 7) is 4.12. The van der Waals surface area contributed by atoms with Gasteiger partial charge in [-0.2, -0.15) is 0 Å². The van der Waals surface area contributed by atoms with Crippen molar-refractivity contribution in [3.05, 3.63) is 77.9 Å². The van der Waals surface area contributed by atoms with Gasteiger partial charge in [0.15, 0.2) is 9.84 Å². The van der Waals surface area contributed by atoms with E-state index < -0.39 is 21.2 Å². The highest BCUT2D eigenvalue weighted by Crippen LogP contribution is 2.23. The van der Waals surface area contributed by atoms with Crippen LogP contribution in [0.4, 0.5) is 0 Å². The minimum atomic E-state index is -3.66. The molecule has 30 heavy (non-hydrogen) atoms. The lowest BCUT2D eigenvalue weighted by molar-refractivity contribution is 0.165. The lowest BCUT2D eigenvalue weighted by atomic mass is 10.0. The largest absolute Gasteiger partial charge is 0.391 e. The second kappa shape index (κ2) is 12.7. The van der Waals surface area contributed by atoms with Gasteiger partial charge < -0.3 is 5.11 Å². The number of aliphatic hydroxyl groups is 1. The number of sulfone groups is 1. The molecular formula is C26H36O3S. The third-order valence-corrected chi connectivity index (χ3v) is 7.58. The van der Waals surface area contributed by atoms with Crippen molar-refractivity contribution in [1.29, 1.82) is 0 Å². The van der Waals surface area contributed by atoms with Crippen LogP contribution in [0.5, 0.6) is 0 Å². The molecule has 0 bridgehead atoms. The minimum Gasteiger partial charge on any atom is -0.391 e. The first-order valence-electron chi connectivity index (χ1n) is 11.1. The Bertz CT molecular complexity index is 855. The lowest BCUT2D eigenvalue weighted by Gasteiger charge is -2.21. The zero-order chi connectivity index (χ0) is 21.8. The maximum atomic E-state index is 13.3. The highest BCUT2D eigenvalue weighted by atomic mass is 32.2. The number of allylic oxidation sites excluding steroid dienone is 1. The maximum absolute atomic E-state index is 13.3. The molecule has 0 spiro atoms. The summed E-state index contributed by atoms with van der Waals surface area (Å²) in [5.41, 5.74) is 2.13. The third kappa shape index (κ3) is 7.73. The minimum absolute atomic E-state index is 0.268. The smallest absolute Gasteiger partial charge is 0.187 e. The van der Waals surface area contributed by atoms with Crippen molar-refractivity contribution in [2.75, 3.05) is 0 Å². The third-order valence-electron chi connectivity index (χ3n) is 5.46. The van der Waals surface area contributed by atoms with E-state index in [1.807, 2.05) is 43.3 Å². The topological polar surface area (TPSA) is 54.4 Å². The number of aliphatic hydroxyl groups excluding tert-OH is 1. The molecule has 0 aromatic heterocycles. The van der Waals surface area contributed by atoms with Gasteiger partial charge in [0.25, 0.3) is 0 Å². The van der Waals surface area contributed by atoms with E-state index in [1.165, 1.54) is 19.3 Å². The van der Waals surface area contributed by atoms with Crippen molar-refractivity contribution in [3.8, 4) is 0 Å². The quantitative estimate of drug-likeness (QED) is 0.312. The Morgan fingerprint density at radius 1 is 0.900 bits per heavy atom. The summed E-state index contributed by atoms with van der Waals surface area (Å²) in [5, 5.41) is 9.90. The van der Waals surface area contributed by atoms with Crippen LogP contribution in [0.3, 0.4) is 0 Å². The van der Waals surface area contributed by atoms with E-state index in [0.717, 1.165) is 30.4 Å². The van der Waals surface area contributed by atoms with E-state index in [2.05, 4.69) is 6.92 Å². The Morgan fingerprint density at radius 2 is 1.53 bits per heavy atom. The van der Waals surface area contributed by atoms with Crippen LogP contribution in [0.25, 0.3) is 0 Å². The van der Waals surface area contributed by atoms with Gasteiger partial charge in [-0.1, -0.05) is 106 Å². The summed E-state index contributed by atoms with van der Waals surface area (Å²) in [6, 6.07) is 16.8. The summed E-state index contributed by atoms with van der Waals surface area (Å²) in [6.07, 6.45) is 10.4. The fraction of sp³-hybridized carbons (Fsp3) is 0.462. The van der Waals surface area contributed by atoms with E-state index >= 15 is 0 Å². The van der Waals surface area contributed by atoms with E-state index in [0.29, 0.717) is 12.8 Å². The molecular weight excluding hydrogens is 392 g/mol. The molecule has 2 atom stereocenters. The number of hydrogen-bond acceptors (Lipinski definition) is 3. The van der Waals surface area contributed by atoms with Gasteiger partial charge >= 0.3 is 0 Å². The first kappa shape index (κ1) is 24.4. The van der Waals surface area contributed by atoms with Gasteiger partial charge in [-0.3, -0.25) is 0 Å². The average Bonchev–Trinajstić information content (AvgIpc) is 2.74. The van der Waals surface area contributed by atoms with Gasteiger partial charge in [0, 0.05) is 0 Å². The normalized spacial score (nSPS) is 14.1. The zero-order valence-electron chi connectivity index (χ0n) is 18.3. The highest BCUT2D eigenvalue weighted by Gasteiger charge is 2.31. The molecule has 0 heterocycles. The molecule has 0 radical (unpaired) electrons. The maximum Gasteiger partial charge on any atom is 0.187 e. The van der Waals surface area contributed by atoms with Crippen molar-refractivity contribution in [2.45, 2.75) is 81.5 Å². The van der Waals surface area contributed by atoms with Gasteiger partial charge in [0.2, 0.25) is 0 Å². The fourth-order valence-electron chi connectivity index (χ4n) is 3.57. The van der Waals surface area contributed by atoms with Crippen LogP contribution in [0.2, 0.25) is 0 Å². The van der Waals surface area contributed by atoms with Crippen molar-refractivity contribution in [3.63, 3.8) is 0 Å². The van der Waals surface area contributed by atoms with Crippen molar-refractivity contribution >= 4 is 9.84 Å². The molecule has 4 heteroatoms. The number of aryl methyl sites for hydroxylation is 1. The van der Waals surface area contributed by atoms with Crippen LogP contribution in [-0.2, 0) is 16.3 Å². The Kier molecular flexibility index (Phi) is 10.3. The summed E-state index contributed by atoms with van der Waals surface area (Å²) >= 11 is 0.